The number of carbonyl (C=O) groups is 1. The molecule has 1 amide bonds. The number of methoxy groups -OCH3 is 1. The van der Waals surface area contributed by atoms with Crippen molar-refractivity contribution in [3.63, 3.8) is 0 Å². The van der Waals surface area contributed by atoms with E-state index in [1.54, 1.807) is 7.11 Å². The summed E-state index contributed by atoms with van der Waals surface area (Å²) in [4.78, 5) is 11.4. The van der Waals surface area contributed by atoms with Gasteiger partial charge < -0.3 is 15.8 Å². The summed E-state index contributed by atoms with van der Waals surface area (Å²) in [6.45, 7) is 5.18. The summed E-state index contributed by atoms with van der Waals surface area (Å²) in [6, 6.07) is 0.174. The van der Waals surface area contributed by atoms with Gasteiger partial charge in [0.1, 0.15) is 0 Å². The first-order chi connectivity index (χ1) is 6.60. The predicted octanol–water partition coefficient (Wildman–Crippen LogP) is 0.513. The van der Waals surface area contributed by atoms with Crippen LogP contribution in [0.1, 0.15) is 26.7 Å². The van der Waals surface area contributed by atoms with Crippen LogP contribution in [0.2, 0.25) is 0 Å². The minimum Gasteiger partial charge on any atom is -0.385 e. The second kappa shape index (κ2) is 7.76. The maximum atomic E-state index is 11.4. The third-order valence-corrected chi connectivity index (χ3v) is 2.10. The molecule has 3 N–H and O–H groups in total. The van der Waals surface area contributed by atoms with Crippen molar-refractivity contribution in [2.24, 2.45) is 11.7 Å². The number of nitrogens with two attached hydrogens (primary N) is 1. The highest BCUT2D eigenvalue weighted by Gasteiger charge is 2.10. The average Bonchev–Trinajstić information content (AvgIpc) is 2.14. The number of nitrogens with one attached hydrogen (secondary N) is 1. The molecule has 0 aromatic rings. The van der Waals surface area contributed by atoms with Crippen LogP contribution < -0.4 is 11.1 Å². The number of ether oxygens (including phenoxy) is 1. The maximum Gasteiger partial charge on any atom is 0.220 e. The van der Waals surface area contributed by atoms with Crippen LogP contribution in [0.15, 0.2) is 0 Å². The Morgan fingerprint density at radius 3 is 2.64 bits per heavy atom. The van der Waals surface area contributed by atoms with Crippen LogP contribution in [0.4, 0.5) is 0 Å². The Bertz CT molecular complexity index is 162. The normalized spacial score (nSPS) is 14.9. The molecule has 2 atom stereocenters. The number of hydrogen-bond donors (Lipinski definition) is 2. The Labute approximate surface area is 86.2 Å². The van der Waals surface area contributed by atoms with Crippen molar-refractivity contribution in [1.29, 1.82) is 0 Å². The zero-order chi connectivity index (χ0) is 11.0. The van der Waals surface area contributed by atoms with Crippen molar-refractivity contribution in [1.82, 2.24) is 5.32 Å². The Kier molecular flexibility index (Phi) is 7.42. The van der Waals surface area contributed by atoms with E-state index in [1.165, 1.54) is 0 Å². The van der Waals surface area contributed by atoms with E-state index < -0.39 is 0 Å². The van der Waals surface area contributed by atoms with Crippen LogP contribution in [0.3, 0.4) is 0 Å². The van der Waals surface area contributed by atoms with Crippen molar-refractivity contribution in [3.05, 3.63) is 0 Å². The lowest BCUT2D eigenvalue weighted by molar-refractivity contribution is -0.122. The Hall–Kier alpha value is -0.610. The molecule has 2 unspecified atom stereocenters. The first-order valence-corrected chi connectivity index (χ1v) is 5.08. The molecule has 4 nitrogen and oxygen atoms in total. The SMILES string of the molecule is COCCC(C)NC(=O)CC(C)CN. The lowest BCUT2D eigenvalue weighted by Gasteiger charge is -2.14. The summed E-state index contributed by atoms with van der Waals surface area (Å²) in [5.41, 5.74) is 5.43. The highest BCUT2D eigenvalue weighted by atomic mass is 16.5. The zero-order valence-electron chi connectivity index (χ0n) is 9.38. The topological polar surface area (TPSA) is 64.3 Å². The molecule has 0 aliphatic rings. The molecule has 4 heteroatoms. The molecule has 0 heterocycles. The molecule has 0 rings (SSSR count). The van der Waals surface area contributed by atoms with Crippen molar-refractivity contribution in [2.45, 2.75) is 32.7 Å². The number of hydrogen-bond acceptors (Lipinski definition) is 3. The maximum absolute atomic E-state index is 11.4. The first-order valence-electron chi connectivity index (χ1n) is 5.08. The molecule has 84 valence electrons. The quantitative estimate of drug-likeness (QED) is 0.632. The number of amides is 1. The minimum absolute atomic E-state index is 0.0755. The zero-order valence-corrected chi connectivity index (χ0v) is 9.38. The summed E-state index contributed by atoms with van der Waals surface area (Å²) in [6.07, 6.45) is 1.35. The van der Waals surface area contributed by atoms with Gasteiger partial charge in [-0.05, 0) is 25.8 Å². The molecule has 0 radical (unpaired) electrons. The van der Waals surface area contributed by atoms with Crippen molar-refractivity contribution in [3.8, 4) is 0 Å². The Morgan fingerprint density at radius 2 is 2.14 bits per heavy atom. The average molecular weight is 202 g/mol. The predicted molar refractivity (Wildman–Crippen MR) is 56.9 cm³/mol. The molecule has 0 spiro atoms. The fourth-order valence-corrected chi connectivity index (χ4v) is 1.10. The van der Waals surface area contributed by atoms with Gasteiger partial charge in [0.25, 0.3) is 0 Å². The van der Waals surface area contributed by atoms with E-state index in [0.717, 1.165) is 6.42 Å². The van der Waals surface area contributed by atoms with E-state index in [-0.39, 0.29) is 17.9 Å². The molecular formula is C10H22N2O2. The molecule has 0 saturated heterocycles. The van der Waals surface area contributed by atoms with E-state index >= 15 is 0 Å². The van der Waals surface area contributed by atoms with E-state index in [4.69, 9.17) is 10.5 Å². The van der Waals surface area contributed by atoms with E-state index in [1.807, 2.05) is 13.8 Å². The van der Waals surface area contributed by atoms with Gasteiger partial charge in [-0.1, -0.05) is 6.92 Å². The van der Waals surface area contributed by atoms with E-state index in [9.17, 15) is 4.79 Å². The summed E-state index contributed by atoms with van der Waals surface area (Å²) in [5, 5.41) is 2.91. The van der Waals surface area contributed by atoms with Gasteiger partial charge in [0.2, 0.25) is 5.91 Å². The van der Waals surface area contributed by atoms with Crippen molar-refractivity contribution in [2.75, 3.05) is 20.3 Å². The van der Waals surface area contributed by atoms with E-state index in [2.05, 4.69) is 5.32 Å². The van der Waals surface area contributed by atoms with Gasteiger partial charge in [0, 0.05) is 26.2 Å². The van der Waals surface area contributed by atoms with Crippen LogP contribution in [0.5, 0.6) is 0 Å². The van der Waals surface area contributed by atoms with Gasteiger partial charge in [-0.2, -0.15) is 0 Å². The molecule has 0 fully saturated rings. The van der Waals surface area contributed by atoms with Crippen LogP contribution in [-0.4, -0.2) is 32.2 Å². The van der Waals surface area contributed by atoms with Gasteiger partial charge in [0.15, 0.2) is 0 Å². The van der Waals surface area contributed by atoms with E-state index in [0.29, 0.717) is 19.6 Å². The third kappa shape index (κ3) is 6.86. The molecule has 0 aliphatic carbocycles. The van der Waals surface area contributed by atoms with Crippen molar-refractivity contribution < 1.29 is 9.53 Å². The second-order valence-electron chi connectivity index (χ2n) is 3.80. The standard InChI is InChI=1S/C10H22N2O2/c1-8(7-11)6-10(13)12-9(2)4-5-14-3/h8-9H,4-7,11H2,1-3H3,(H,12,13). The number of carbonyl (C=O) groups excluding carboxylic acids is 1. The van der Waals surface area contributed by atoms with Gasteiger partial charge in [-0.25, -0.2) is 0 Å². The summed E-state index contributed by atoms with van der Waals surface area (Å²) < 4.78 is 4.93. The summed E-state index contributed by atoms with van der Waals surface area (Å²) in [7, 11) is 1.66. The van der Waals surface area contributed by atoms with Gasteiger partial charge in [0.05, 0.1) is 0 Å². The third-order valence-electron chi connectivity index (χ3n) is 2.10. The summed E-state index contributed by atoms with van der Waals surface area (Å²) >= 11 is 0. The van der Waals surface area contributed by atoms with Crippen LogP contribution >= 0.6 is 0 Å². The molecular weight excluding hydrogens is 180 g/mol. The number of rotatable bonds is 7. The van der Waals surface area contributed by atoms with Gasteiger partial charge in [-0.3, -0.25) is 4.79 Å². The lowest BCUT2D eigenvalue weighted by atomic mass is 10.1. The first kappa shape index (κ1) is 13.4. The smallest absolute Gasteiger partial charge is 0.220 e. The second-order valence-corrected chi connectivity index (χ2v) is 3.80. The van der Waals surface area contributed by atoms with Gasteiger partial charge in [-0.15, -0.1) is 0 Å². The largest absolute Gasteiger partial charge is 0.385 e. The molecule has 0 saturated carbocycles. The fraction of sp³-hybridized carbons (Fsp3) is 0.900. The van der Waals surface area contributed by atoms with Gasteiger partial charge >= 0.3 is 0 Å². The van der Waals surface area contributed by atoms with Crippen LogP contribution in [-0.2, 0) is 9.53 Å². The molecule has 0 aliphatic heterocycles. The fourth-order valence-electron chi connectivity index (χ4n) is 1.10. The summed E-state index contributed by atoms with van der Waals surface area (Å²) in [5.74, 6) is 0.330. The lowest BCUT2D eigenvalue weighted by Crippen LogP contribution is -2.35. The molecule has 0 bridgehead atoms. The molecule has 0 aromatic carbocycles. The van der Waals surface area contributed by atoms with Crippen molar-refractivity contribution >= 4 is 5.91 Å². The van der Waals surface area contributed by atoms with Crippen LogP contribution in [0, 0.1) is 5.92 Å². The molecule has 14 heavy (non-hydrogen) atoms. The Balaban J connectivity index is 3.60. The highest BCUT2D eigenvalue weighted by molar-refractivity contribution is 5.76. The monoisotopic (exact) mass is 202 g/mol. The Morgan fingerprint density at radius 1 is 1.50 bits per heavy atom. The molecule has 0 aromatic heterocycles. The highest BCUT2D eigenvalue weighted by Crippen LogP contribution is 1.99. The van der Waals surface area contributed by atoms with Crippen LogP contribution in [0.25, 0.3) is 0 Å². The minimum atomic E-state index is 0.0755.